The number of nitrogens with zero attached hydrogens (tertiary/aromatic N) is 2. The molecule has 0 aliphatic heterocycles. The summed E-state index contributed by atoms with van der Waals surface area (Å²) in [7, 11) is 2.04. The Hall–Kier alpha value is -3.08. The van der Waals surface area contributed by atoms with E-state index in [1.54, 1.807) is 6.20 Å². The molecule has 1 heterocycles. The Kier molecular flexibility index (Phi) is 5.83. The maximum Gasteiger partial charge on any atom is 0.223 e. The molecule has 0 aliphatic carbocycles. The monoisotopic (exact) mass is 377 g/mol. The molecular formula is C23H27N3O2. The second kappa shape index (κ2) is 8.30. The fourth-order valence-electron chi connectivity index (χ4n) is 3.13. The van der Waals surface area contributed by atoms with E-state index >= 15 is 0 Å². The third-order valence-electron chi connectivity index (χ3n) is 5.04. The largest absolute Gasteiger partial charge is 0.505 e. The molecule has 2 N–H and O–H groups in total. The van der Waals surface area contributed by atoms with Gasteiger partial charge in [-0.1, -0.05) is 44.2 Å². The van der Waals surface area contributed by atoms with Crippen LogP contribution in [0.2, 0.25) is 0 Å². The summed E-state index contributed by atoms with van der Waals surface area (Å²) in [6.07, 6.45) is 1.66. The summed E-state index contributed by atoms with van der Waals surface area (Å²) in [5.41, 5.74) is 3.18. The number of benzene rings is 2. The van der Waals surface area contributed by atoms with Gasteiger partial charge in [-0.05, 0) is 30.7 Å². The van der Waals surface area contributed by atoms with Crippen molar-refractivity contribution in [2.45, 2.75) is 26.8 Å². The second-order valence-electron chi connectivity index (χ2n) is 7.28. The number of phenols is 1. The maximum absolute atomic E-state index is 12.5. The van der Waals surface area contributed by atoms with Crippen LogP contribution >= 0.6 is 0 Å². The molecule has 0 spiro atoms. The first kappa shape index (κ1) is 19.7. The van der Waals surface area contributed by atoms with Gasteiger partial charge in [0.15, 0.2) is 0 Å². The van der Waals surface area contributed by atoms with Crippen LogP contribution in [0.3, 0.4) is 0 Å². The van der Waals surface area contributed by atoms with Crippen molar-refractivity contribution in [3.05, 3.63) is 65.9 Å². The van der Waals surface area contributed by atoms with E-state index in [9.17, 15) is 9.90 Å². The summed E-state index contributed by atoms with van der Waals surface area (Å²) < 4.78 is 0. The van der Waals surface area contributed by atoms with E-state index in [0.717, 1.165) is 23.2 Å². The smallest absolute Gasteiger partial charge is 0.223 e. The Morgan fingerprint density at radius 1 is 1.14 bits per heavy atom. The van der Waals surface area contributed by atoms with Crippen LogP contribution in [0.25, 0.3) is 10.9 Å². The predicted octanol–water partition coefficient (Wildman–Crippen LogP) is 4.26. The molecule has 1 amide bonds. The lowest BCUT2D eigenvalue weighted by atomic mass is 9.95. The molecule has 3 rings (SSSR count). The number of carbonyl (C=O) groups is 1. The van der Waals surface area contributed by atoms with E-state index in [0.29, 0.717) is 11.1 Å². The molecule has 0 fully saturated rings. The van der Waals surface area contributed by atoms with Gasteiger partial charge in [0.2, 0.25) is 5.91 Å². The van der Waals surface area contributed by atoms with Gasteiger partial charge in [0.05, 0.1) is 6.04 Å². The Bertz CT molecular complexity index is 967. The molecule has 0 bridgehead atoms. The van der Waals surface area contributed by atoms with Crippen LogP contribution in [0.15, 0.2) is 54.7 Å². The van der Waals surface area contributed by atoms with Crippen molar-refractivity contribution in [3.8, 4) is 5.75 Å². The lowest BCUT2D eigenvalue weighted by Crippen LogP contribution is -2.32. The third-order valence-corrected chi connectivity index (χ3v) is 5.04. The van der Waals surface area contributed by atoms with Crippen LogP contribution in [-0.4, -0.2) is 29.6 Å². The molecule has 3 aromatic rings. The number of carbonyl (C=O) groups excluding carboxylic acids is 1. The van der Waals surface area contributed by atoms with E-state index < -0.39 is 6.04 Å². The van der Waals surface area contributed by atoms with Crippen LogP contribution in [0.5, 0.6) is 5.75 Å². The average Bonchev–Trinajstić information content (AvgIpc) is 2.72. The molecule has 146 valence electrons. The molecule has 0 saturated carbocycles. The van der Waals surface area contributed by atoms with Gasteiger partial charge >= 0.3 is 0 Å². The minimum absolute atomic E-state index is 0.0692. The zero-order chi connectivity index (χ0) is 20.3. The van der Waals surface area contributed by atoms with Gasteiger partial charge in [-0.25, -0.2) is 0 Å². The van der Waals surface area contributed by atoms with Crippen molar-refractivity contribution in [1.82, 2.24) is 10.3 Å². The number of anilines is 1. The fraction of sp³-hybridized carbons (Fsp3) is 0.304. The van der Waals surface area contributed by atoms with Crippen molar-refractivity contribution in [3.63, 3.8) is 0 Å². The summed E-state index contributed by atoms with van der Waals surface area (Å²) in [5.74, 6) is -0.129. The summed E-state index contributed by atoms with van der Waals surface area (Å²) in [4.78, 5) is 18.9. The molecule has 0 radical (unpaired) electrons. The minimum atomic E-state index is -0.456. The number of aromatic hydroxyl groups is 1. The highest BCUT2D eigenvalue weighted by Crippen LogP contribution is 2.35. The first-order valence-corrected chi connectivity index (χ1v) is 9.60. The van der Waals surface area contributed by atoms with Crippen LogP contribution < -0.4 is 10.2 Å². The van der Waals surface area contributed by atoms with E-state index in [1.165, 1.54) is 0 Å². The first-order valence-electron chi connectivity index (χ1n) is 9.60. The number of fused-ring (bicyclic) bond motifs is 1. The van der Waals surface area contributed by atoms with Crippen LogP contribution in [0.4, 0.5) is 5.69 Å². The number of rotatable bonds is 6. The van der Waals surface area contributed by atoms with Gasteiger partial charge in [-0.3, -0.25) is 9.78 Å². The van der Waals surface area contributed by atoms with Crippen molar-refractivity contribution in [2.75, 3.05) is 18.5 Å². The third kappa shape index (κ3) is 3.93. The molecule has 1 aromatic heterocycles. The molecule has 5 nitrogen and oxygen atoms in total. The van der Waals surface area contributed by atoms with E-state index in [2.05, 4.69) is 22.1 Å². The second-order valence-corrected chi connectivity index (χ2v) is 7.28. The standard InChI is InChI=1S/C23H27N3O2/c1-5-26(4)18-11-8-17(9-12-18)20(25-23(28)15(2)3)19-13-10-16-7-6-14-24-21(16)22(19)27/h6-15,20,27H,5H2,1-4H3,(H,25,28). The number of phenolic OH excluding ortho intramolecular Hbond substituents is 1. The van der Waals surface area contributed by atoms with Crippen molar-refractivity contribution in [2.24, 2.45) is 5.92 Å². The number of hydrogen-bond acceptors (Lipinski definition) is 4. The highest BCUT2D eigenvalue weighted by atomic mass is 16.3. The quantitative estimate of drug-likeness (QED) is 0.674. The zero-order valence-electron chi connectivity index (χ0n) is 16.8. The summed E-state index contributed by atoms with van der Waals surface area (Å²) in [5, 5.41) is 14.8. The molecule has 1 atom stereocenters. The Morgan fingerprint density at radius 3 is 2.50 bits per heavy atom. The number of nitrogens with one attached hydrogen (secondary N) is 1. The lowest BCUT2D eigenvalue weighted by molar-refractivity contribution is -0.124. The van der Waals surface area contributed by atoms with Crippen LogP contribution in [0, 0.1) is 5.92 Å². The number of aromatic nitrogens is 1. The Balaban J connectivity index is 2.07. The van der Waals surface area contributed by atoms with Crippen molar-refractivity contribution in [1.29, 1.82) is 0 Å². The van der Waals surface area contributed by atoms with Crippen molar-refractivity contribution < 1.29 is 9.90 Å². The molecular weight excluding hydrogens is 350 g/mol. The topological polar surface area (TPSA) is 65.5 Å². The average molecular weight is 377 g/mol. The summed E-state index contributed by atoms with van der Waals surface area (Å²) >= 11 is 0. The molecule has 0 aliphatic rings. The van der Waals surface area contributed by atoms with Crippen molar-refractivity contribution >= 4 is 22.5 Å². The van der Waals surface area contributed by atoms with Gasteiger partial charge < -0.3 is 15.3 Å². The molecule has 0 saturated heterocycles. The normalized spacial score (nSPS) is 12.2. The van der Waals surface area contributed by atoms with Gasteiger partial charge in [0.1, 0.15) is 11.3 Å². The predicted molar refractivity (Wildman–Crippen MR) is 114 cm³/mol. The molecule has 5 heteroatoms. The van der Waals surface area contributed by atoms with Crippen LogP contribution in [0.1, 0.15) is 37.9 Å². The van der Waals surface area contributed by atoms with Crippen LogP contribution in [-0.2, 0) is 4.79 Å². The van der Waals surface area contributed by atoms with Gasteiger partial charge in [0, 0.05) is 42.3 Å². The SMILES string of the molecule is CCN(C)c1ccc(C(NC(=O)C(C)C)c2ccc3cccnc3c2O)cc1. The van der Waals surface area contributed by atoms with E-state index in [1.807, 2.05) is 69.4 Å². The maximum atomic E-state index is 12.5. The zero-order valence-corrected chi connectivity index (χ0v) is 16.8. The molecule has 2 aromatic carbocycles. The first-order chi connectivity index (χ1) is 13.4. The van der Waals surface area contributed by atoms with Gasteiger partial charge in [-0.15, -0.1) is 0 Å². The van der Waals surface area contributed by atoms with E-state index in [-0.39, 0.29) is 17.6 Å². The lowest BCUT2D eigenvalue weighted by Gasteiger charge is -2.24. The highest BCUT2D eigenvalue weighted by Gasteiger charge is 2.23. The number of hydrogen-bond donors (Lipinski definition) is 2. The van der Waals surface area contributed by atoms with E-state index in [4.69, 9.17) is 0 Å². The summed E-state index contributed by atoms with van der Waals surface area (Å²) in [6, 6.07) is 15.1. The molecule has 28 heavy (non-hydrogen) atoms. The minimum Gasteiger partial charge on any atom is -0.505 e. The summed E-state index contributed by atoms with van der Waals surface area (Å²) in [6.45, 7) is 6.71. The fourth-order valence-corrected chi connectivity index (χ4v) is 3.13. The Labute approximate surface area is 166 Å². The highest BCUT2D eigenvalue weighted by molar-refractivity contribution is 5.86. The number of pyridine rings is 1. The van der Waals surface area contributed by atoms with Gasteiger partial charge in [0.25, 0.3) is 0 Å². The molecule has 1 unspecified atom stereocenters. The van der Waals surface area contributed by atoms with Gasteiger partial charge in [-0.2, -0.15) is 0 Å². The Morgan fingerprint density at radius 2 is 1.86 bits per heavy atom. The number of amides is 1.